The van der Waals surface area contributed by atoms with Gasteiger partial charge in [0, 0.05) is 18.7 Å². The van der Waals surface area contributed by atoms with E-state index >= 15 is 0 Å². The number of nitrogens with zero attached hydrogens (tertiary/aromatic N) is 1. The van der Waals surface area contributed by atoms with Gasteiger partial charge in [-0.15, -0.1) is 0 Å². The Morgan fingerprint density at radius 2 is 1.86 bits per heavy atom. The molecule has 1 saturated heterocycles. The number of Topliss-reactive ketones (excluding diaryl/α,β-unsaturated/α-hetero) is 1. The topological polar surface area (TPSA) is 83.6 Å². The Bertz CT molecular complexity index is 680. The number of ketones is 1. The number of carbonyl (C=O) groups excluding carboxylic acids is 2. The molecule has 1 aromatic carbocycles. The molecule has 0 aromatic heterocycles. The third kappa shape index (κ3) is 3.05. The minimum atomic E-state index is -3.77. The second-order valence-electron chi connectivity index (χ2n) is 5.68. The Labute approximate surface area is 130 Å². The normalized spacial score (nSPS) is 20.0. The maximum Gasteiger partial charge on any atom is 0.243 e. The third-order valence-electron chi connectivity index (χ3n) is 3.71. The van der Waals surface area contributed by atoms with Crippen LogP contribution in [0.15, 0.2) is 29.2 Å². The van der Waals surface area contributed by atoms with E-state index in [9.17, 15) is 18.0 Å². The van der Waals surface area contributed by atoms with Crippen LogP contribution in [0.4, 0.5) is 0 Å². The zero-order valence-corrected chi connectivity index (χ0v) is 13.7. The van der Waals surface area contributed by atoms with Gasteiger partial charge in [-0.3, -0.25) is 9.59 Å². The summed E-state index contributed by atoms with van der Waals surface area (Å²) in [6.45, 7) is 5.60. The van der Waals surface area contributed by atoms with Crippen molar-refractivity contribution in [3.8, 4) is 0 Å². The molecule has 1 fully saturated rings. The fraction of sp³-hybridized carbons (Fsp3) is 0.467. The van der Waals surface area contributed by atoms with Crippen LogP contribution in [0.2, 0.25) is 0 Å². The maximum atomic E-state index is 12.8. The third-order valence-corrected chi connectivity index (χ3v) is 5.60. The summed E-state index contributed by atoms with van der Waals surface area (Å²) in [7, 11) is -3.77. The van der Waals surface area contributed by atoms with Crippen LogP contribution in [0.3, 0.4) is 0 Å². The van der Waals surface area contributed by atoms with Gasteiger partial charge >= 0.3 is 0 Å². The molecule has 0 spiro atoms. The van der Waals surface area contributed by atoms with E-state index in [0.29, 0.717) is 12.1 Å². The number of hydrogen-bond donors (Lipinski definition) is 1. The largest absolute Gasteiger partial charge is 0.353 e. The lowest BCUT2D eigenvalue weighted by molar-refractivity contribution is -0.128. The molecule has 0 aliphatic carbocycles. The summed E-state index contributed by atoms with van der Waals surface area (Å²) in [6.07, 6.45) is 0. The maximum absolute atomic E-state index is 12.8. The van der Waals surface area contributed by atoms with Crippen molar-refractivity contribution in [1.29, 1.82) is 0 Å². The quantitative estimate of drug-likeness (QED) is 0.839. The first-order valence-corrected chi connectivity index (χ1v) is 8.59. The predicted molar refractivity (Wildman–Crippen MR) is 82.0 cm³/mol. The molecule has 0 saturated carbocycles. The highest BCUT2D eigenvalue weighted by Crippen LogP contribution is 2.24. The first-order chi connectivity index (χ1) is 10.2. The van der Waals surface area contributed by atoms with Gasteiger partial charge in [0.25, 0.3) is 0 Å². The van der Waals surface area contributed by atoms with Crippen molar-refractivity contribution in [1.82, 2.24) is 9.62 Å². The predicted octanol–water partition coefficient (Wildman–Crippen LogP) is 1.03. The van der Waals surface area contributed by atoms with Gasteiger partial charge in [-0.05, 0) is 25.0 Å². The summed E-state index contributed by atoms with van der Waals surface area (Å²) in [6, 6.07) is 5.09. The van der Waals surface area contributed by atoms with E-state index in [-0.39, 0.29) is 29.0 Å². The van der Waals surface area contributed by atoms with Gasteiger partial charge in [-0.25, -0.2) is 8.42 Å². The van der Waals surface area contributed by atoms with E-state index < -0.39 is 16.1 Å². The molecule has 120 valence electrons. The lowest BCUT2D eigenvalue weighted by atomic mass is 10.0. The number of rotatable bonds is 4. The zero-order valence-electron chi connectivity index (χ0n) is 12.9. The van der Waals surface area contributed by atoms with E-state index in [1.807, 2.05) is 13.8 Å². The number of carbonyl (C=O) groups is 2. The summed E-state index contributed by atoms with van der Waals surface area (Å²) in [5.74, 6) is -0.530. The molecular weight excluding hydrogens is 304 g/mol. The number of nitrogens with one attached hydrogen (secondary N) is 1. The fourth-order valence-electron chi connectivity index (χ4n) is 2.57. The van der Waals surface area contributed by atoms with Crippen LogP contribution in [0, 0.1) is 5.92 Å². The van der Waals surface area contributed by atoms with Gasteiger partial charge in [-0.2, -0.15) is 4.31 Å². The van der Waals surface area contributed by atoms with Gasteiger partial charge < -0.3 is 5.32 Å². The lowest BCUT2D eigenvalue weighted by Gasteiger charge is -2.36. The molecule has 1 unspecified atom stereocenters. The van der Waals surface area contributed by atoms with Crippen LogP contribution in [0.25, 0.3) is 0 Å². The van der Waals surface area contributed by atoms with Crippen molar-refractivity contribution >= 4 is 21.7 Å². The molecule has 1 aromatic rings. The Morgan fingerprint density at radius 1 is 1.27 bits per heavy atom. The Hall–Kier alpha value is -1.73. The van der Waals surface area contributed by atoms with Crippen LogP contribution in [0.1, 0.15) is 31.1 Å². The standard InChI is InChI=1S/C15H20N2O4S/c1-10(2)14-15(19)16-8-9-17(14)22(20,21)13-6-4-12(5-7-13)11(3)18/h4-7,10,14H,8-9H2,1-3H3,(H,16,19). The lowest BCUT2D eigenvalue weighted by Crippen LogP contribution is -2.58. The van der Waals surface area contributed by atoms with Crippen molar-refractivity contribution < 1.29 is 18.0 Å². The molecule has 2 rings (SSSR count). The average Bonchev–Trinajstić information content (AvgIpc) is 2.46. The van der Waals surface area contributed by atoms with E-state index in [2.05, 4.69) is 5.32 Å². The van der Waals surface area contributed by atoms with Crippen LogP contribution in [0.5, 0.6) is 0 Å². The molecule has 1 N–H and O–H groups in total. The smallest absolute Gasteiger partial charge is 0.243 e. The molecule has 1 aliphatic rings. The molecule has 1 aliphatic heterocycles. The molecule has 1 atom stereocenters. The van der Waals surface area contributed by atoms with E-state index in [0.717, 1.165) is 0 Å². The monoisotopic (exact) mass is 324 g/mol. The number of amides is 1. The van der Waals surface area contributed by atoms with Crippen LogP contribution in [-0.2, 0) is 14.8 Å². The van der Waals surface area contributed by atoms with Crippen LogP contribution in [-0.4, -0.2) is 43.5 Å². The van der Waals surface area contributed by atoms with Crippen LogP contribution >= 0.6 is 0 Å². The molecular formula is C15H20N2O4S. The SMILES string of the molecule is CC(=O)c1ccc(S(=O)(=O)N2CCNC(=O)C2C(C)C)cc1. The second-order valence-corrected chi connectivity index (χ2v) is 7.57. The van der Waals surface area contributed by atoms with Gasteiger partial charge in [-0.1, -0.05) is 26.0 Å². The molecule has 7 heteroatoms. The molecule has 22 heavy (non-hydrogen) atoms. The summed E-state index contributed by atoms with van der Waals surface area (Å²) in [5.41, 5.74) is 0.454. The number of sulfonamides is 1. The Kier molecular flexibility index (Phi) is 4.67. The number of hydrogen-bond acceptors (Lipinski definition) is 4. The van der Waals surface area contributed by atoms with Crippen molar-refractivity contribution in [3.05, 3.63) is 29.8 Å². The van der Waals surface area contributed by atoms with Gasteiger partial charge in [0.1, 0.15) is 6.04 Å². The molecule has 1 heterocycles. The van der Waals surface area contributed by atoms with E-state index in [1.54, 1.807) is 0 Å². The van der Waals surface area contributed by atoms with Gasteiger partial charge in [0.05, 0.1) is 4.90 Å². The van der Waals surface area contributed by atoms with E-state index in [1.165, 1.54) is 35.5 Å². The fourth-order valence-corrected chi connectivity index (χ4v) is 4.29. The first kappa shape index (κ1) is 16.6. The zero-order chi connectivity index (χ0) is 16.5. The molecule has 0 radical (unpaired) electrons. The highest BCUT2D eigenvalue weighted by Gasteiger charge is 2.40. The molecule has 0 bridgehead atoms. The Morgan fingerprint density at radius 3 is 2.36 bits per heavy atom. The summed E-state index contributed by atoms with van der Waals surface area (Å²) in [5, 5.41) is 2.70. The van der Waals surface area contributed by atoms with Gasteiger partial charge in [0.2, 0.25) is 15.9 Å². The second kappa shape index (κ2) is 6.18. The van der Waals surface area contributed by atoms with Crippen molar-refractivity contribution in [3.63, 3.8) is 0 Å². The highest BCUT2D eigenvalue weighted by atomic mass is 32.2. The highest BCUT2D eigenvalue weighted by molar-refractivity contribution is 7.89. The summed E-state index contributed by atoms with van der Waals surface area (Å²) < 4.78 is 26.8. The first-order valence-electron chi connectivity index (χ1n) is 7.15. The van der Waals surface area contributed by atoms with Crippen molar-refractivity contribution in [2.24, 2.45) is 5.92 Å². The molecule has 1 amide bonds. The number of piperazine rings is 1. The minimum absolute atomic E-state index is 0.0952. The molecule has 6 nitrogen and oxygen atoms in total. The summed E-state index contributed by atoms with van der Waals surface area (Å²) in [4.78, 5) is 23.4. The van der Waals surface area contributed by atoms with Crippen LogP contribution < -0.4 is 5.32 Å². The van der Waals surface area contributed by atoms with E-state index in [4.69, 9.17) is 0 Å². The Balaban J connectivity index is 2.39. The van der Waals surface area contributed by atoms with Crippen molar-refractivity contribution in [2.45, 2.75) is 31.7 Å². The van der Waals surface area contributed by atoms with Crippen molar-refractivity contribution in [2.75, 3.05) is 13.1 Å². The minimum Gasteiger partial charge on any atom is -0.353 e. The summed E-state index contributed by atoms with van der Waals surface area (Å²) >= 11 is 0. The average molecular weight is 324 g/mol. The van der Waals surface area contributed by atoms with Gasteiger partial charge in [0.15, 0.2) is 5.78 Å². The number of benzene rings is 1.